The second kappa shape index (κ2) is 18.1. The van der Waals surface area contributed by atoms with Crippen LogP contribution >= 0.6 is 0 Å². The first-order valence-electron chi connectivity index (χ1n) is 19.8. The molecule has 4 aromatic rings. The van der Waals surface area contributed by atoms with Gasteiger partial charge in [-0.2, -0.15) is 0 Å². The van der Waals surface area contributed by atoms with E-state index in [2.05, 4.69) is 128 Å². The Hall–Kier alpha value is -3.52. The minimum atomic E-state index is 0.613. The van der Waals surface area contributed by atoms with Crippen molar-refractivity contribution in [1.82, 2.24) is 0 Å². The first-order chi connectivity index (χ1) is 24.1. The Morgan fingerprint density at radius 1 is 0.400 bits per heavy atom. The van der Waals surface area contributed by atoms with Gasteiger partial charge in [-0.3, -0.25) is 0 Å². The molecule has 8 rings (SSSR count). The first kappa shape index (κ1) is 37.7. The molecule has 0 N–H and O–H groups in total. The molecule has 0 saturated carbocycles. The molecule has 50 heavy (non-hydrogen) atoms. The van der Waals surface area contributed by atoms with E-state index < -0.39 is 0 Å². The van der Waals surface area contributed by atoms with E-state index in [1.54, 1.807) is 27.8 Å². The molecule has 0 saturated heterocycles. The van der Waals surface area contributed by atoms with Crippen LogP contribution in [0, 0.1) is 0 Å². The van der Waals surface area contributed by atoms with Gasteiger partial charge in [-0.05, 0) is 137 Å². The molecule has 0 atom stereocenters. The lowest BCUT2D eigenvalue weighted by Gasteiger charge is -2.21. The molecular formula is C48H64O2. The summed E-state index contributed by atoms with van der Waals surface area (Å²) in [5, 5.41) is 0. The van der Waals surface area contributed by atoms with Gasteiger partial charge >= 0.3 is 0 Å². The third-order valence-corrected chi connectivity index (χ3v) is 10.9. The maximum Gasteiger partial charge on any atom is 0.122 e. The van der Waals surface area contributed by atoms with Crippen molar-refractivity contribution >= 4 is 0 Å². The van der Waals surface area contributed by atoms with Gasteiger partial charge in [0.1, 0.15) is 11.5 Å². The van der Waals surface area contributed by atoms with E-state index in [1.165, 1.54) is 79.2 Å². The smallest absolute Gasteiger partial charge is 0.122 e. The number of fused-ring (bicyclic) bond motifs is 4. The van der Waals surface area contributed by atoms with Crippen LogP contribution in [0.3, 0.4) is 0 Å². The van der Waals surface area contributed by atoms with Crippen molar-refractivity contribution < 1.29 is 9.47 Å². The van der Waals surface area contributed by atoms with Crippen molar-refractivity contribution in [1.29, 1.82) is 0 Å². The lowest BCUT2D eigenvalue weighted by atomic mass is 9.85. The number of hydrogen-bond acceptors (Lipinski definition) is 2. The Morgan fingerprint density at radius 2 is 0.940 bits per heavy atom. The standard InChI is InChI=1S/2C13H18.2C11H14O/c1-10(2)12-9-5-7-11-6-3-4-8-13(11)12;1-10(2)12-8-7-11-5-3-4-6-13(11)9-12;1-8(2)9-3-4-11-10(7-9)5-6-12-11;1-8(2)9-4-3-5-11-10(9)6-7-12-11/h5,7,9-10H,3-4,6,8H2,1-2H3;7-10H,3-6H2,1-2H3;3-4,7-8H,5-6H2,1-2H3;3-5,8H,6-7H2,1-2H3. The average molecular weight is 673 g/mol. The summed E-state index contributed by atoms with van der Waals surface area (Å²) in [6.07, 6.45) is 12.9. The van der Waals surface area contributed by atoms with Crippen molar-refractivity contribution in [2.45, 2.75) is 143 Å². The lowest BCUT2D eigenvalue weighted by molar-refractivity contribution is 0.356. The van der Waals surface area contributed by atoms with Crippen molar-refractivity contribution in [3.8, 4) is 11.5 Å². The fourth-order valence-corrected chi connectivity index (χ4v) is 7.82. The van der Waals surface area contributed by atoms with Crippen LogP contribution in [0.15, 0.2) is 72.8 Å². The normalized spacial score (nSPS) is 15.3. The Labute approximate surface area is 305 Å². The van der Waals surface area contributed by atoms with Crippen LogP contribution in [0.25, 0.3) is 0 Å². The van der Waals surface area contributed by atoms with Gasteiger partial charge in [-0.25, -0.2) is 0 Å². The summed E-state index contributed by atoms with van der Waals surface area (Å²) < 4.78 is 10.9. The van der Waals surface area contributed by atoms with Gasteiger partial charge < -0.3 is 9.47 Å². The molecular weight excluding hydrogens is 609 g/mol. The van der Waals surface area contributed by atoms with E-state index in [0.717, 1.165) is 37.6 Å². The van der Waals surface area contributed by atoms with Crippen LogP contribution in [0.4, 0.5) is 0 Å². The highest BCUT2D eigenvalue weighted by atomic mass is 16.5. The summed E-state index contributed by atoms with van der Waals surface area (Å²) in [7, 11) is 0. The minimum Gasteiger partial charge on any atom is -0.493 e. The quantitative estimate of drug-likeness (QED) is 0.215. The number of ether oxygens (including phenoxy) is 2. The molecule has 0 aromatic heterocycles. The predicted octanol–water partition coefficient (Wildman–Crippen LogP) is 12.9. The monoisotopic (exact) mass is 672 g/mol. The Balaban J connectivity index is 0.000000130. The minimum absolute atomic E-state index is 0.613. The van der Waals surface area contributed by atoms with Crippen LogP contribution in [0.1, 0.15) is 160 Å². The van der Waals surface area contributed by atoms with Crippen molar-refractivity contribution in [3.63, 3.8) is 0 Å². The second-order valence-electron chi connectivity index (χ2n) is 15.9. The van der Waals surface area contributed by atoms with Gasteiger partial charge in [0.15, 0.2) is 0 Å². The van der Waals surface area contributed by atoms with E-state index in [-0.39, 0.29) is 0 Å². The van der Waals surface area contributed by atoms with Gasteiger partial charge in [0.25, 0.3) is 0 Å². The Kier molecular flexibility index (Phi) is 13.7. The van der Waals surface area contributed by atoms with Gasteiger partial charge in [0, 0.05) is 18.4 Å². The van der Waals surface area contributed by atoms with E-state index in [9.17, 15) is 0 Å². The van der Waals surface area contributed by atoms with Gasteiger partial charge in [0.2, 0.25) is 0 Å². The third-order valence-electron chi connectivity index (χ3n) is 10.9. The van der Waals surface area contributed by atoms with Crippen LogP contribution in [0.2, 0.25) is 0 Å². The van der Waals surface area contributed by atoms with Crippen LogP contribution in [0.5, 0.6) is 11.5 Å². The molecule has 0 radical (unpaired) electrons. The van der Waals surface area contributed by atoms with Gasteiger partial charge in [0.05, 0.1) is 13.2 Å². The molecule has 2 heterocycles. The SMILES string of the molecule is CC(C)c1ccc2c(c1)CCCC2.CC(C)c1ccc2c(c1)CCO2.CC(C)c1cccc2c1CCCC2.CC(C)c1cccc2c1CCO2. The molecule has 0 bridgehead atoms. The summed E-state index contributed by atoms with van der Waals surface area (Å²) in [6, 6.07) is 26.8. The zero-order valence-corrected chi connectivity index (χ0v) is 32.5. The number of aryl methyl sites for hydroxylation is 3. The topological polar surface area (TPSA) is 18.5 Å². The molecule has 0 fully saturated rings. The highest BCUT2D eigenvalue weighted by Gasteiger charge is 2.17. The molecule has 4 aromatic carbocycles. The van der Waals surface area contributed by atoms with Crippen molar-refractivity contribution in [3.05, 3.63) is 128 Å². The molecule has 2 nitrogen and oxygen atoms in total. The highest BCUT2D eigenvalue weighted by Crippen LogP contribution is 2.32. The van der Waals surface area contributed by atoms with Crippen LogP contribution in [-0.2, 0) is 38.5 Å². The Morgan fingerprint density at radius 3 is 1.62 bits per heavy atom. The number of rotatable bonds is 4. The molecule has 0 unspecified atom stereocenters. The summed E-state index contributed by atoms with van der Waals surface area (Å²) >= 11 is 0. The van der Waals surface area contributed by atoms with Gasteiger partial charge in [-0.15, -0.1) is 0 Å². The van der Waals surface area contributed by atoms with E-state index in [1.807, 2.05) is 0 Å². The fraction of sp³-hybridized carbons (Fsp3) is 0.500. The molecule has 2 aliphatic heterocycles. The van der Waals surface area contributed by atoms with Crippen LogP contribution < -0.4 is 9.47 Å². The molecule has 0 spiro atoms. The Bertz CT molecular complexity index is 1670. The largest absolute Gasteiger partial charge is 0.493 e. The maximum absolute atomic E-state index is 5.49. The summed E-state index contributed by atoms with van der Waals surface area (Å²) in [4.78, 5) is 0. The second-order valence-corrected chi connectivity index (χ2v) is 15.9. The molecule has 2 aliphatic carbocycles. The zero-order valence-electron chi connectivity index (χ0n) is 32.5. The summed E-state index contributed by atoms with van der Waals surface area (Å²) in [5.74, 6) is 4.78. The van der Waals surface area contributed by atoms with Crippen LogP contribution in [-0.4, -0.2) is 13.2 Å². The summed E-state index contributed by atoms with van der Waals surface area (Å²) in [6.45, 7) is 19.7. The predicted molar refractivity (Wildman–Crippen MR) is 214 cm³/mol. The lowest BCUT2D eigenvalue weighted by Crippen LogP contribution is -2.06. The fourth-order valence-electron chi connectivity index (χ4n) is 7.82. The molecule has 268 valence electrons. The third kappa shape index (κ3) is 9.83. The van der Waals surface area contributed by atoms with E-state index in [0.29, 0.717) is 23.7 Å². The number of hydrogen-bond donors (Lipinski definition) is 0. The van der Waals surface area contributed by atoms with Crippen molar-refractivity contribution in [2.75, 3.05) is 13.2 Å². The molecule has 2 heteroatoms. The van der Waals surface area contributed by atoms with Gasteiger partial charge in [-0.1, -0.05) is 116 Å². The highest BCUT2D eigenvalue weighted by molar-refractivity contribution is 5.44. The zero-order chi connectivity index (χ0) is 35.6. The average Bonchev–Trinajstić information content (AvgIpc) is 3.81. The first-order valence-corrected chi connectivity index (χ1v) is 19.8. The summed E-state index contributed by atoms with van der Waals surface area (Å²) in [5.41, 5.74) is 15.2. The van der Waals surface area contributed by atoms with Crippen molar-refractivity contribution in [2.24, 2.45) is 0 Å². The van der Waals surface area contributed by atoms with E-state index in [4.69, 9.17) is 9.47 Å². The molecule has 4 aliphatic rings. The van der Waals surface area contributed by atoms with E-state index >= 15 is 0 Å². The number of benzene rings is 4. The molecule has 0 amide bonds. The maximum atomic E-state index is 5.49.